The second-order valence-corrected chi connectivity index (χ2v) is 6.25. The summed E-state index contributed by atoms with van der Waals surface area (Å²) in [5.41, 5.74) is 0.410. The van der Waals surface area contributed by atoms with E-state index in [9.17, 15) is 22.8 Å². The lowest BCUT2D eigenvalue weighted by molar-refractivity contribution is -0.143. The quantitative estimate of drug-likeness (QED) is 0.638. The molecule has 3 rings (SSSR count). The number of pyridine rings is 1. The third-order valence-corrected chi connectivity index (χ3v) is 4.32. The first-order valence-electron chi connectivity index (χ1n) is 8.62. The Morgan fingerprint density at radius 1 is 1.18 bits per heavy atom. The number of carbonyl (C=O) groups is 2. The summed E-state index contributed by atoms with van der Waals surface area (Å²) in [4.78, 5) is 29.2. The zero-order chi connectivity index (χ0) is 20.1. The summed E-state index contributed by atoms with van der Waals surface area (Å²) in [5.74, 6) is -1.61. The first kappa shape index (κ1) is 19.6. The van der Waals surface area contributed by atoms with E-state index < -0.39 is 23.6 Å². The van der Waals surface area contributed by atoms with E-state index in [0.717, 1.165) is 23.0 Å². The number of aromatic nitrogens is 3. The van der Waals surface area contributed by atoms with Crippen molar-refractivity contribution < 1.29 is 22.8 Å². The van der Waals surface area contributed by atoms with E-state index in [1.807, 2.05) is 12.1 Å². The number of halogens is 3. The van der Waals surface area contributed by atoms with E-state index in [1.54, 1.807) is 29.3 Å². The molecule has 0 atom stereocenters. The number of aryl methyl sites for hydroxylation is 2. The van der Waals surface area contributed by atoms with Crippen LogP contribution in [0.2, 0.25) is 0 Å². The van der Waals surface area contributed by atoms with Crippen LogP contribution in [0.3, 0.4) is 0 Å². The van der Waals surface area contributed by atoms with Gasteiger partial charge < -0.3 is 10.2 Å². The largest absolute Gasteiger partial charge is 0.412 e. The van der Waals surface area contributed by atoms with Crippen molar-refractivity contribution in [3.63, 3.8) is 0 Å². The number of carbonyl (C=O) groups excluding carboxylic acids is 2. The van der Waals surface area contributed by atoms with Crippen LogP contribution in [0.1, 0.15) is 12.0 Å². The van der Waals surface area contributed by atoms with Crippen molar-refractivity contribution in [3.8, 4) is 0 Å². The summed E-state index contributed by atoms with van der Waals surface area (Å²) in [6.45, 7) is 0.171. The van der Waals surface area contributed by atoms with Crippen molar-refractivity contribution in [1.82, 2.24) is 19.7 Å². The summed E-state index contributed by atoms with van der Waals surface area (Å²) in [6.07, 6.45) is 1.99. The highest BCUT2D eigenvalue weighted by Gasteiger charge is 2.36. The second kappa shape index (κ2) is 8.24. The number of hydrogen-bond donors (Lipinski definition) is 1. The molecule has 0 aromatic carbocycles. The van der Waals surface area contributed by atoms with Crippen molar-refractivity contribution in [1.29, 1.82) is 0 Å². The third kappa shape index (κ3) is 4.96. The predicted octanol–water partition coefficient (Wildman–Crippen LogP) is 2.18. The Hall–Kier alpha value is -3.17. The van der Waals surface area contributed by atoms with Gasteiger partial charge in [-0.05, 0) is 30.5 Å². The molecule has 0 radical (unpaired) electrons. The Balaban J connectivity index is 1.52. The number of rotatable bonds is 4. The Bertz CT molecular complexity index is 877. The predicted molar refractivity (Wildman–Crippen MR) is 94.1 cm³/mol. The van der Waals surface area contributed by atoms with Crippen molar-refractivity contribution >= 4 is 17.6 Å². The number of amides is 2. The molecule has 2 aromatic heterocycles. The van der Waals surface area contributed by atoms with Gasteiger partial charge in [0.25, 0.3) is 0 Å². The number of nitrogens with zero attached hydrogens (tertiary/aromatic N) is 4. The molecule has 0 aliphatic carbocycles. The molecule has 10 heteroatoms. The second-order valence-electron chi connectivity index (χ2n) is 6.25. The molecule has 0 fully saturated rings. The Morgan fingerprint density at radius 3 is 2.57 bits per heavy atom. The Labute approximate surface area is 158 Å². The van der Waals surface area contributed by atoms with E-state index in [4.69, 9.17) is 0 Å². The molecule has 3 heterocycles. The van der Waals surface area contributed by atoms with Gasteiger partial charge in [0.2, 0.25) is 0 Å². The number of alkyl halides is 3. The van der Waals surface area contributed by atoms with Crippen LogP contribution in [-0.2, 0) is 22.6 Å². The van der Waals surface area contributed by atoms with E-state index in [0.29, 0.717) is 6.54 Å². The molecule has 28 heavy (non-hydrogen) atoms. The number of anilines is 1. The van der Waals surface area contributed by atoms with Crippen molar-refractivity contribution in [3.05, 3.63) is 54.0 Å². The maximum Gasteiger partial charge on any atom is 0.412 e. The molecule has 1 aliphatic heterocycles. The highest BCUT2D eigenvalue weighted by atomic mass is 19.4. The highest BCUT2D eigenvalue weighted by molar-refractivity contribution is 6.39. The fourth-order valence-corrected chi connectivity index (χ4v) is 2.77. The molecule has 1 N–H and O–H groups in total. The summed E-state index contributed by atoms with van der Waals surface area (Å²) in [6, 6.07) is 5.33. The first-order chi connectivity index (χ1) is 13.3. The summed E-state index contributed by atoms with van der Waals surface area (Å²) in [7, 11) is 0. The van der Waals surface area contributed by atoms with E-state index >= 15 is 0 Å². The smallest absolute Gasteiger partial charge is 0.330 e. The van der Waals surface area contributed by atoms with E-state index in [2.05, 4.69) is 15.4 Å². The van der Waals surface area contributed by atoms with Gasteiger partial charge in [0, 0.05) is 49.9 Å². The van der Waals surface area contributed by atoms with Crippen molar-refractivity contribution in [2.45, 2.75) is 25.6 Å². The fraction of sp³-hybridized carbons (Fsp3) is 0.333. The van der Waals surface area contributed by atoms with Gasteiger partial charge in [-0.2, -0.15) is 18.3 Å². The van der Waals surface area contributed by atoms with Crippen molar-refractivity contribution in [2.75, 3.05) is 18.4 Å². The molecule has 0 saturated heterocycles. The monoisotopic (exact) mass is 393 g/mol. The van der Waals surface area contributed by atoms with E-state index in [-0.39, 0.29) is 25.3 Å². The van der Waals surface area contributed by atoms with Crippen LogP contribution >= 0.6 is 0 Å². The number of hydrogen-bond acceptors (Lipinski definition) is 4. The fourth-order valence-electron chi connectivity index (χ4n) is 2.77. The topological polar surface area (TPSA) is 80.1 Å². The molecular weight excluding hydrogens is 375 g/mol. The van der Waals surface area contributed by atoms with Gasteiger partial charge in [-0.15, -0.1) is 0 Å². The minimum absolute atomic E-state index is 0.155. The molecule has 0 unspecified atom stereocenters. The van der Waals surface area contributed by atoms with Crippen LogP contribution in [-0.4, -0.2) is 50.7 Å². The number of nitrogens with one attached hydrogen (secondary N) is 1. The molecule has 0 bridgehead atoms. The van der Waals surface area contributed by atoms with Gasteiger partial charge in [0.15, 0.2) is 5.82 Å². The molecule has 2 aromatic rings. The Morgan fingerprint density at radius 2 is 1.93 bits per heavy atom. The van der Waals surface area contributed by atoms with Gasteiger partial charge in [-0.3, -0.25) is 19.3 Å². The molecular formula is C18H18F3N5O2. The lowest BCUT2D eigenvalue weighted by atomic mass is 10.1. The van der Waals surface area contributed by atoms with Crippen molar-refractivity contribution in [2.24, 2.45) is 0 Å². The van der Waals surface area contributed by atoms with Gasteiger partial charge >= 0.3 is 18.0 Å². The lowest BCUT2D eigenvalue weighted by Gasteiger charge is -2.26. The summed E-state index contributed by atoms with van der Waals surface area (Å²) < 4.78 is 39.5. The van der Waals surface area contributed by atoms with Crippen LogP contribution in [0, 0.1) is 0 Å². The molecule has 0 saturated carbocycles. The summed E-state index contributed by atoms with van der Waals surface area (Å²) >= 11 is 0. The normalized spacial score (nSPS) is 14.5. The molecule has 0 spiro atoms. The van der Waals surface area contributed by atoms with Gasteiger partial charge in [0.05, 0.1) is 0 Å². The molecule has 1 aliphatic rings. The average molecular weight is 393 g/mol. The zero-order valence-corrected chi connectivity index (χ0v) is 14.8. The Kier molecular flexibility index (Phi) is 5.76. The zero-order valence-electron chi connectivity index (χ0n) is 14.8. The average Bonchev–Trinajstić information content (AvgIpc) is 3.13. The maximum atomic E-state index is 12.6. The van der Waals surface area contributed by atoms with Crippen LogP contribution in [0.4, 0.5) is 19.0 Å². The molecule has 7 nitrogen and oxygen atoms in total. The third-order valence-electron chi connectivity index (χ3n) is 4.32. The van der Waals surface area contributed by atoms with Gasteiger partial charge in [0.1, 0.15) is 0 Å². The van der Waals surface area contributed by atoms with Crippen LogP contribution in [0.15, 0.2) is 48.4 Å². The summed E-state index contributed by atoms with van der Waals surface area (Å²) in [5, 5.41) is 6.56. The van der Waals surface area contributed by atoms with Gasteiger partial charge in [-0.1, -0.05) is 6.08 Å². The van der Waals surface area contributed by atoms with Crippen LogP contribution in [0.5, 0.6) is 0 Å². The van der Waals surface area contributed by atoms with Crippen LogP contribution < -0.4 is 5.32 Å². The molecule has 2 amide bonds. The van der Waals surface area contributed by atoms with E-state index in [1.165, 1.54) is 0 Å². The van der Waals surface area contributed by atoms with Crippen LogP contribution in [0.25, 0.3) is 0 Å². The lowest BCUT2D eigenvalue weighted by Crippen LogP contribution is -2.43. The SMILES string of the molecule is O=C(Nc1ccn(CCc2ccncc2)n1)C(=O)N1CC=C(C(F)(F)F)CC1. The first-order valence-corrected chi connectivity index (χ1v) is 8.62. The molecule has 148 valence electrons. The minimum Gasteiger partial charge on any atom is -0.330 e. The highest BCUT2D eigenvalue weighted by Crippen LogP contribution is 2.30. The minimum atomic E-state index is -4.40. The standard InChI is InChI=1S/C18H18F3N5O2/c19-18(20,21)14-4-9-25(10-5-14)17(28)16(27)23-15-6-12-26(24-15)11-3-13-1-7-22-8-2-13/h1-2,4,6-8,12H,3,5,9-11H2,(H,23,24,27). The van der Waals surface area contributed by atoms with Gasteiger partial charge in [-0.25, -0.2) is 0 Å². The maximum absolute atomic E-state index is 12.6.